The molecule has 0 aliphatic heterocycles. The first-order valence-electron chi connectivity index (χ1n) is 12.7. The lowest BCUT2D eigenvalue weighted by Crippen LogP contribution is -2.06. The molecule has 0 saturated heterocycles. The first-order chi connectivity index (χ1) is 19.6. The van der Waals surface area contributed by atoms with Crippen molar-refractivity contribution in [3.05, 3.63) is 94.9 Å². The van der Waals surface area contributed by atoms with Crippen molar-refractivity contribution in [1.82, 2.24) is 9.97 Å². The maximum Gasteiger partial charge on any atom is 0.306 e. The van der Waals surface area contributed by atoms with Crippen molar-refractivity contribution in [2.24, 2.45) is 0 Å². The van der Waals surface area contributed by atoms with E-state index in [0.29, 0.717) is 40.1 Å². The number of halogens is 1. The van der Waals surface area contributed by atoms with E-state index in [1.54, 1.807) is 60.8 Å². The number of aromatic amines is 1. The number of fused-ring (bicyclic) bond motifs is 1. The summed E-state index contributed by atoms with van der Waals surface area (Å²) in [6, 6.07) is 16.4. The highest BCUT2D eigenvalue weighted by Gasteiger charge is 2.24. The van der Waals surface area contributed by atoms with E-state index >= 15 is 4.39 Å². The van der Waals surface area contributed by atoms with E-state index in [1.807, 2.05) is 6.07 Å². The predicted octanol–water partition coefficient (Wildman–Crippen LogP) is 6.35. The zero-order valence-corrected chi connectivity index (χ0v) is 23.8. The molecule has 0 radical (unpaired) electrons. The summed E-state index contributed by atoms with van der Waals surface area (Å²) in [5.41, 5.74) is 2.49. The number of aryl methyl sites for hydroxylation is 1. The van der Waals surface area contributed by atoms with Crippen LogP contribution < -0.4 is 4.74 Å². The minimum absolute atomic E-state index is 0.207. The second kappa shape index (κ2) is 11.6. The molecule has 5 rings (SSSR count). The van der Waals surface area contributed by atoms with Gasteiger partial charge in [0.2, 0.25) is 5.78 Å². The van der Waals surface area contributed by atoms with Crippen LogP contribution in [0.5, 0.6) is 11.5 Å². The van der Waals surface area contributed by atoms with Gasteiger partial charge in [-0.25, -0.2) is 17.8 Å². The molecule has 2 heterocycles. The number of carbonyl (C=O) groups excluding carboxylic acids is 2. The number of hydrogen-bond donors (Lipinski definition) is 1. The quantitative estimate of drug-likeness (QED) is 0.148. The molecule has 0 aliphatic rings. The Morgan fingerprint density at radius 2 is 1.88 bits per heavy atom. The van der Waals surface area contributed by atoms with E-state index in [4.69, 9.17) is 9.47 Å². The van der Waals surface area contributed by atoms with Gasteiger partial charge in [-0.3, -0.25) is 9.59 Å². The number of ether oxygens (including phenoxy) is 2. The van der Waals surface area contributed by atoms with Crippen LogP contribution in [0.4, 0.5) is 4.39 Å². The van der Waals surface area contributed by atoms with E-state index in [9.17, 15) is 18.0 Å². The number of nitrogens with zero attached hydrogens (tertiary/aromatic N) is 1. The van der Waals surface area contributed by atoms with Crippen LogP contribution in [-0.4, -0.2) is 43.0 Å². The van der Waals surface area contributed by atoms with Crippen molar-refractivity contribution >= 4 is 43.8 Å². The fourth-order valence-corrected chi connectivity index (χ4v) is 6.25. The van der Waals surface area contributed by atoms with E-state index in [2.05, 4.69) is 9.97 Å². The van der Waals surface area contributed by atoms with Gasteiger partial charge in [-0.05, 0) is 43.2 Å². The minimum Gasteiger partial charge on any atom is -0.466 e. The molecular formula is C30H25FN2O6S2. The molecule has 1 N–H and O–H groups in total. The van der Waals surface area contributed by atoms with E-state index in [1.165, 1.54) is 23.6 Å². The van der Waals surface area contributed by atoms with Crippen LogP contribution in [0.3, 0.4) is 0 Å². The fourth-order valence-electron chi connectivity index (χ4n) is 4.40. The molecule has 41 heavy (non-hydrogen) atoms. The average Bonchev–Trinajstić information content (AvgIpc) is 3.62. The highest BCUT2D eigenvalue weighted by Crippen LogP contribution is 2.38. The Bertz CT molecular complexity index is 1880. The first kappa shape index (κ1) is 28.2. The Morgan fingerprint density at radius 3 is 2.66 bits per heavy atom. The standard InChI is InChI=1S/C30H25FN2O6S2/c1-3-38-26(34)11-10-18-6-4-7-19(14-18)27(35)25-17-40-30(33-25)20-8-5-9-21(15-20)39-28-23(31)16-24-22(12-13-32-24)29(28)41(2,36)37/h4-9,12-17,32H,3,10-11H2,1-2H3. The topological polar surface area (TPSA) is 115 Å². The van der Waals surface area contributed by atoms with Crippen LogP contribution in [-0.2, 0) is 25.8 Å². The van der Waals surface area contributed by atoms with Crippen LogP contribution in [0.15, 0.2) is 77.1 Å². The average molecular weight is 593 g/mol. The SMILES string of the molecule is CCOC(=O)CCc1cccc(C(=O)c2csc(-c3cccc(Oc4c(F)cc5[nH]ccc5c4S(C)(=O)=O)c3)n2)c1. The molecule has 0 amide bonds. The number of esters is 1. The third-order valence-electron chi connectivity index (χ3n) is 6.24. The molecule has 0 spiro atoms. The van der Waals surface area contributed by atoms with Crippen LogP contribution in [0, 0.1) is 5.82 Å². The summed E-state index contributed by atoms with van der Waals surface area (Å²) >= 11 is 1.26. The Morgan fingerprint density at radius 1 is 1.07 bits per heavy atom. The Hall–Kier alpha value is -4.35. The first-order valence-corrected chi connectivity index (χ1v) is 15.4. The molecule has 0 saturated carbocycles. The number of aromatic nitrogens is 2. The van der Waals surface area contributed by atoms with Crippen LogP contribution >= 0.6 is 11.3 Å². The Balaban J connectivity index is 1.38. The Labute approximate surface area is 239 Å². The van der Waals surface area contributed by atoms with Gasteiger partial charge in [0.25, 0.3) is 0 Å². The van der Waals surface area contributed by atoms with Crippen LogP contribution in [0.1, 0.15) is 35.0 Å². The van der Waals surface area contributed by atoms with Crippen molar-refractivity contribution in [3.8, 4) is 22.1 Å². The minimum atomic E-state index is -3.84. The van der Waals surface area contributed by atoms with E-state index in [0.717, 1.165) is 11.8 Å². The highest BCUT2D eigenvalue weighted by molar-refractivity contribution is 7.91. The summed E-state index contributed by atoms with van der Waals surface area (Å²) in [5, 5.41) is 2.51. The molecule has 8 nitrogen and oxygen atoms in total. The summed E-state index contributed by atoms with van der Waals surface area (Å²) in [7, 11) is -3.84. The smallest absolute Gasteiger partial charge is 0.306 e. The lowest BCUT2D eigenvalue weighted by atomic mass is 10.0. The van der Waals surface area contributed by atoms with E-state index in [-0.39, 0.29) is 34.5 Å². The van der Waals surface area contributed by atoms with Crippen molar-refractivity contribution in [2.45, 2.75) is 24.7 Å². The third-order valence-corrected chi connectivity index (χ3v) is 8.28. The zero-order chi connectivity index (χ0) is 29.1. The number of sulfone groups is 1. The van der Waals surface area contributed by atoms with Gasteiger partial charge in [0.1, 0.15) is 21.3 Å². The molecule has 210 valence electrons. The van der Waals surface area contributed by atoms with Crippen molar-refractivity contribution in [2.75, 3.05) is 12.9 Å². The number of H-pyrrole nitrogens is 1. The zero-order valence-electron chi connectivity index (χ0n) is 22.1. The number of ketones is 1. The summed E-state index contributed by atoms with van der Waals surface area (Å²) in [4.78, 5) is 31.9. The van der Waals surface area contributed by atoms with Crippen molar-refractivity contribution in [3.63, 3.8) is 0 Å². The number of benzene rings is 3. The number of thiazole rings is 1. The maximum atomic E-state index is 15.0. The van der Waals surface area contributed by atoms with E-state index < -0.39 is 21.4 Å². The largest absolute Gasteiger partial charge is 0.466 e. The molecule has 3 aromatic carbocycles. The van der Waals surface area contributed by atoms with Gasteiger partial charge in [0.15, 0.2) is 21.4 Å². The van der Waals surface area contributed by atoms with Crippen LogP contribution in [0.25, 0.3) is 21.5 Å². The van der Waals surface area contributed by atoms with Gasteiger partial charge >= 0.3 is 5.97 Å². The van der Waals surface area contributed by atoms with Gasteiger partial charge in [-0.15, -0.1) is 11.3 Å². The number of nitrogens with one attached hydrogen (secondary N) is 1. The number of rotatable bonds is 10. The summed E-state index contributed by atoms with van der Waals surface area (Å²) in [5.74, 6) is -1.57. The summed E-state index contributed by atoms with van der Waals surface area (Å²) in [6.45, 7) is 2.07. The second-order valence-electron chi connectivity index (χ2n) is 9.23. The van der Waals surface area contributed by atoms with Gasteiger partial charge in [0.05, 0.1) is 6.61 Å². The molecule has 2 aromatic heterocycles. The lowest BCUT2D eigenvalue weighted by molar-refractivity contribution is -0.143. The normalized spacial score (nSPS) is 11.5. The third kappa shape index (κ3) is 6.21. The molecule has 0 fully saturated rings. The van der Waals surface area contributed by atoms with Gasteiger partial charge < -0.3 is 14.5 Å². The molecule has 5 aromatic rings. The molecule has 0 atom stereocenters. The molecule has 0 bridgehead atoms. The van der Waals surface area contributed by atoms with Crippen LogP contribution in [0.2, 0.25) is 0 Å². The number of carbonyl (C=O) groups is 2. The molecule has 0 unspecified atom stereocenters. The maximum absolute atomic E-state index is 15.0. The lowest BCUT2D eigenvalue weighted by Gasteiger charge is -2.13. The van der Waals surface area contributed by atoms with Gasteiger partial charge in [-0.1, -0.05) is 30.3 Å². The predicted molar refractivity (Wildman–Crippen MR) is 154 cm³/mol. The highest BCUT2D eigenvalue weighted by atomic mass is 32.2. The molecule has 11 heteroatoms. The Kier molecular flexibility index (Phi) is 8.00. The summed E-state index contributed by atoms with van der Waals surface area (Å²) in [6.07, 6.45) is 3.21. The van der Waals surface area contributed by atoms with Crippen molar-refractivity contribution < 1.29 is 31.9 Å². The monoisotopic (exact) mass is 592 g/mol. The van der Waals surface area contributed by atoms with Gasteiger partial charge in [-0.2, -0.15) is 0 Å². The van der Waals surface area contributed by atoms with Gasteiger partial charge in [0, 0.05) is 52.3 Å². The van der Waals surface area contributed by atoms with Crippen molar-refractivity contribution in [1.29, 1.82) is 0 Å². The molecule has 0 aliphatic carbocycles. The fraction of sp³-hybridized carbons (Fsp3) is 0.167. The summed E-state index contributed by atoms with van der Waals surface area (Å²) < 4.78 is 50.9. The number of hydrogen-bond acceptors (Lipinski definition) is 8. The molecular weight excluding hydrogens is 567 g/mol. The second-order valence-corrected chi connectivity index (χ2v) is 12.0.